The van der Waals surface area contributed by atoms with Crippen LogP contribution in [0.5, 0.6) is 0 Å². The SMILES string of the molecule is Br.CCn1ccc(C)n1. The molecule has 52 valence electrons. The van der Waals surface area contributed by atoms with Crippen LogP contribution in [0.4, 0.5) is 0 Å². The number of hydrogen-bond acceptors (Lipinski definition) is 1. The molecule has 1 heterocycles. The molecule has 0 spiro atoms. The molecule has 0 saturated carbocycles. The minimum absolute atomic E-state index is 0. The predicted octanol–water partition coefficient (Wildman–Crippen LogP) is 1.79. The first-order valence-corrected chi connectivity index (χ1v) is 2.83. The van der Waals surface area contributed by atoms with Crippen molar-refractivity contribution in [2.45, 2.75) is 20.4 Å². The lowest BCUT2D eigenvalue weighted by atomic mass is 10.5. The Balaban J connectivity index is 0.000000640. The van der Waals surface area contributed by atoms with E-state index >= 15 is 0 Å². The zero-order valence-corrected chi connectivity index (χ0v) is 7.38. The summed E-state index contributed by atoms with van der Waals surface area (Å²) >= 11 is 0. The van der Waals surface area contributed by atoms with Crippen LogP contribution in [-0.2, 0) is 6.54 Å². The molecule has 1 aromatic heterocycles. The van der Waals surface area contributed by atoms with Crippen LogP contribution in [-0.4, -0.2) is 9.78 Å². The van der Waals surface area contributed by atoms with E-state index in [1.165, 1.54) is 0 Å². The summed E-state index contributed by atoms with van der Waals surface area (Å²) < 4.78 is 1.91. The van der Waals surface area contributed by atoms with E-state index in [9.17, 15) is 0 Å². The van der Waals surface area contributed by atoms with Crippen LogP contribution in [0.3, 0.4) is 0 Å². The van der Waals surface area contributed by atoms with E-state index in [2.05, 4.69) is 12.0 Å². The van der Waals surface area contributed by atoms with Crippen molar-refractivity contribution in [3.8, 4) is 0 Å². The standard InChI is InChI=1S/C6H10N2.BrH/c1-3-8-5-4-6(2)7-8;/h4-5H,3H2,1-2H3;1H. The molecule has 1 aromatic rings. The summed E-state index contributed by atoms with van der Waals surface area (Å²) in [6, 6.07) is 2.00. The summed E-state index contributed by atoms with van der Waals surface area (Å²) in [5, 5.41) is 4.15. The second kappa shape index (κ2) is 3.67. The lowest BCUT2D eigenvalue weighted by Gasteiger charge is -1.89. The maximum Gasteiger partial charge on any atom is 0.0593 e. The van der Waals surface area contributed by atoms with Crippen molar-refractivity contribution in [1.82, 2.24) is 9.78 Å². The van der Waals surface area contributed by atoms with Gasteiger partial charge in [-0.05, 0) is 19.9 Å². The summed E-state index contributed by atoms with van der Waals surface area (Å²) in [5.74, 6) is 0. The van der Waals surface area contributed by atoms with Gasteiger partial charge in [-0.2, -0.15) is 5.10 Å². The molecule has 3 heteroatoms. The van der Waals surface area contributed by atoms with Gasteiger partial charge in [-0.1, -0.05) is 0 Å². The van der Waals surface area contributed by atoms with Crippen molar-refractivity contribution in [2.75, 3.05) is 0 Å². The van der Waals surface area contributed by atoms with E-state index in [1.807, 2.05) is 23.9 Å². The van der Waals surface area contributed by atoms with Gasteiger partial charge in [0.2, 0.25) is 0 Å². The highest BCUT2D eigenvalue weighted by Crippen LogP contribution is 1.90. The first kappa shape index (κ1) is 8.69. The normalized spacial score (nSPS) is 8.67. The van der Waals surface area contributed by atoms with Crippen LogP contribution in [0.1, 0.15) is 12.6 Å². The van der Waals surface area contributed by atoms with Crippen molar-refractivity contribution < 1.29 is 0 Å². The van der Waals surface area contributed by atoms with Gasteiger partial charge in [0.25, 0.3) is 0 Å². The minimum Gasteiger partial charge on any atom is -0.273 e. The molecule has 1 rings (SSSR count). The lowest BCUT2D eigenvalue weighted by Crippen LogP contribution is -1.93. The van der Waals surface area contributed by atoms with E-state index in [-0.39, 0.29) is 17.0 Å². The maximum absolute atomic E-state index is 4.15. The number of nitrogens with zero attached hydrogens (tertiary/aromatic N) is 2. The van der Waals surface area contributed by atoms with Crippen LogP contribution in [0.25, 0.3) is 0 Å². The van der Waals surface area contributed by atoms with Gasteiger partial charge in [0, 0.05) is 12.7 Å². The molecule has 0 aliphatic carbocycles. The van der Waals surface area contributed by atoms with Gasteiger partial charge in [-0.25, -0.2) is 0 Å². The topological polar surface area (TPSA) is 17.8 Å². The van der Waals surface area contributed by atoms with Crippen molar-refractivity contribution in [2.24, 2.45) is 0 Å². The third kappa shape index (κ3) is 2.18. The highest BCUT2D eigenvalue weighted by Gasteiger charge is 1.86. The number of aromatic nitrogens is 2. The average Bonchev–Trinajstić information content (AvgIpc) is 2.14. The molecule has 0 aromatic carbocycles. The second-order valence-corrected chi connectivity index (χ2v) is 1.81. The Labute approximate surface area is 65.6 Å². The second-order valence-electron chi connectivity index (χ2n) is 1.81. The van der Waals surface area contributed by atoms with Crippen molar-refractivity contribution in [3.05, 3.63) is 18.0 Å². The van der Waals surface area contributed by atoms with Crippen molar-refractivity contribution >= 4 is 17.0 Å². The molecule has 0 aliphatic rings. The van der Waals surface area contributed by atoms with Crippen LogP contribution >= 0.6 is 17.0 Å². The lowest BCUT2D eigenvalue weighted by molar-refractivity contribution is 0.653. The fraction of sp³-hybridized carbons (Fsp3) is 0.500. The van der Waals surface area contributed by atoms with Gasteiger partial charge < -0.3 is 0 Å². The van der Waals surface area contributed by atoms with Crippen LogP contribution in [0.2, 0.25) is 0 Å². The molecule has 0 fully saturated rings. The summed E-state index contributed by atoms with van der Waals surface area (Å²) in [6.07, 6.45) is 1.98. The number of halogens is 1. The molecular formula is C6H11BrN2. The molecule has 0 amide bonds. The Morgan fingerprint density at radius 1 is 1.67 bits per heavy atom. The largest absolute Gasteiger partial charge is 0.273 e. The van der Waals surface area contributed by atoms with Gasteiger partial charge in [-0.3, -0.25) is 4.68 Å². The zero-order chi connectivity index (χ0) is 5.98. The van der Waals surface area contributed by atoms with Gasteiger partial charge in [0.1, 0.15) is 0 Å². The fourth-order valence-corrected chi connectivity index (χ4v) is 0.639. The Morgan fingerprint density at radius 2 is 2.33 bits per heavy atom. The summed E-state index contributed by atoms with van der Waals surface area (Å²) in [6.45, 7) is 5.03. The minimum atomic E-state index is 0. The summed E-state index contributed by atoms with van der Waals surface area (Å²) in [4.78, 5) is 0. The van der Waals surface area contributed by atoms with Crippen molar-refractivity contribution in [3.63, 3.8) is 0 Å². The molecule has 0 atom stereocenters. The number of aryl methyl sites for hydroxylation is 2. The van der Waals surface area contributed by atoms with Gasteiger partial charge >= 0.3 is 0 Å². The average molecular weight is 191 g/mol. The molecule has 0 radical (unpaired) electrons. The maximum atomic E-state index is 4.15. The first-order chi connectivity index (χ1) is 3.83. The highest BCUT2D eigenvalue weighted by molar-refractivity contribution is 8.93. The quantitative estimate of drug-likeness (QED) is 0.661. The molecular weight excluding hydrogens is 180 g/mol. The molecule has 0 unspecified atom stereocenters. The Bertz CT molecular complexity index is 171. The number of rotatable bonds is 1. The molecule has 0 N–H and O–H groups in total. The van der Waals surface area contributed by atoms with Gasteiger partial charge in [0.15, 0.2) is 0 Å². The van der Waals surface area contributed by atoms with E-state index in [0.717, 1.165) is 12.2 Å². The molecule has 9 heavy (non-hydrogen) atoms. The van der Waals surface area contributed by atoms with Crippen LogP contribution < -0.4 is 0 Å². The van der Waals surface area contributed by atoms with E-state index in [0.29, 0.717) is 0 Å². The first-order valence-electron chi connectivity index (χ1n) is 2.83. The van der Waals surface area contributed by atoms with E-state index in [1.54, 1.807) is 0 Å². The zero-order valence-electron chi connectivity index (χ0n) is 5.66. The molecule has 0 saturated heterocycles. The molecule has 0 bridgehead atoms. The van der Waals surface area contributed by atoms with Crippen LogP contribution in [0.15, 0.2) is 12.3 Å². The van der Waals surface area contributed by atoms with Gasteiger partial charge in [-0.15, -0.1) is 17.0 Å². The Morgan fingerprint density at radius 3 is 2.56 bits per heavy atom. The van der Waals surface area contributed by atoms with Gasteiger partial charge in [0.05, 0.1) is 5.69 Å². The summed E-state index contributed by atoms with van der Waals surface area (Å²) in [7, 11) is 0. The Hall–Kier alpha value is -0.310. The fourth-order valence-electron chi connectivity index (χ4n) is 0.639. The van der Waals surface area contributed by atoms with E-state index in [4.69, 9.17) is 0 Å². The predicted molar refractivity (Wildman–Crippen MR) is 43.0 cm³/mol. The van der Waals surface area contributed by atoms with Crippen LogP contribution in [0, 0.1) is 6.92 Å². The smallest absolute Gasteiger partial charge is 0.0593 e. The highest BCUT2D eigenvalue weighted by atomic mass is 79.9. The monoisotopic (exact) mass is 190 g/mol. The van der Waals surface area contributed by atoms with Crippen molar-refractivity contribution in [1.29, 1.82) is 0 Å². The third-order valence-electron chi connectivity index (χ3n) is 1.10. The molecule has 2 nitrogen and oxygen atoms in total. The van der Waals surface area contributed by atoms with E-state index < -0.39 is 0 Å². The summed E-state index contributed by atoms with van der Waals surface area (Å²) in [5.41, 5.74) is 1.09. The molecule has 0 aliphatic heterocycles. The third-order valence-corrected chi connectivity index (χ3v) is 1.10. The Kier molecular flexibility index (Phi) is 3.54. The number of hydrogen-bond donors (Lipinski definition) is 0.